The molecule has 0 bridgehead atoms. The third kappa shape index (κ3) is 11.2. The van der Waals surface area contributed by atoms with Crippen molar-refractivity contribution in [1.82, 2.24) is 25.9 Å². The van der Waals surface area contributed by atoms with E-state index in [4.69, 9.17) is 15.2 Å². The van der Waals surface area contributed by atoms with Crippen molar-refractivity contribution >= 4 is 11.8 Å². The highest BCUT2D eigenvalue weighted by Crippen LogP contribution is 2.13. The van der Waals surface area contributed by atoms with Crippen LogP contribution in [0.15, 0.2) is 60.5 Å². The molecular weight excluding hydrogens is 510 g/mol. The van der Waals surface area contributed by atoms with Gasteiger partial charge in [0.15, 0.2) is 0 Å². The summed E-state index contributed by atoms with van der Waals surface area (Å²) in [6.07, 6.45) is 3.55. The molecule has 39 heavy (non-hydrogen) atoms. The number of nitrogens with one attached hydrogen (secondary N) is 3. The largest absolute Gasteiger partial charge is 0.487 e. The maximum Gasteiger partial charge on any atom is 0.271 e. The summed E-state index contributed by atoms with van der Waals surface area (Å²) >= 11 is 0. The van der Waals surface area contributed by atoms with E-state index in [0.29, 0.717) is 24.0 Å². The zero-order chi connectivity index (χ0) is 29.1. The first-order valence-electron chi connectivity index (χ1n) is 12.2. The molecule has 0 aliphatic carbocycles. The van der Waals surface area contributed by atoms with Crippen molar-refractivity contribution in [2.45, 2.75) is 45.8 Å². The molecule has 5 N–H and O–H groups in total. The highest BCUT2D eigenvalue weighted by atomic mass is 19.1. The Morgan fingerprint density at radius 3 is 2.13 bits per heavy atom. The van der Waals surface area contributed by atoms with E-state index in [1.165, 1.54) is 30.6 Å². The molecule has 0 radical (unpaired) electrons. The van der Waals surface area contributed by atoms with Crippen LogP contribution in [0.25, 0.3) is 0 Å². The number of hydrogen-bond donors (Lipinski definition) is 4. The zero-order valence-corrected chi connectivity index (χ0v) is 22.8. The van der Waals surface area contributed by atoms with Gasteiger partial charge in [-0.2, -0.15) is 0 Å². The van der Waals surface area contributed by atoms with Crippen LogP contribution in [0.3, 0.4) is 0 Å². The summed E-state index contributed by atoms with van der Waals surface area (Å²) in [4.78, 5) is 33.0. The number of rotatable bonds is 13. The Balaban J connectivity index is 1.84. The van der Waals surface area contributed by atoms with E-state index in [1.807, 2.05) is 20.8 Å². The van der Waals surface area contributed by atoms with Gasteiger partial charge in [0, 0.05) is 42.0 Å². The van der Waals surface area contributed by atoms with Crippen LogP contribution in [0, 0.1) is 0 Å². The molecular formula is C27H36F2N6O4. The lowest BCUT2D eigenvalue weighted by Crippen LogP contribution is -2.55. The number of halogens is 2. The van der Waals surface area contributed by atoms with Crippen LogP contribution in [0.4, 0.5) is 8.78 Å². The first-order valence-corrected chi connectivity index (χ1v) is 12.2. The van der Waals surface area contributed by atoms with Crippen LogP contribution in [-0.4, -0.2) is 59.3 Å². The highest BCUT2D eigenvalue weighted by Gasteiger charge is 2.22. The average Bonchev–Trinajstić information content (AvgIpc) is 2.88. The number of nitrogens with two attached hydrogens (primary N) is 1. The van der Waals surface area contributed by atoms with Gasteiger partial charge in [-0.3, -0.25) is 14.9 Å². The van der Waals surface area contributed by atoms with Gasteiger partial charge in [-0.15, -0.1) is 0 Å². The smallest absolute Gasteiger partial charge is 0.271 e. The van der Waals surface area contributed by atoms with Crippen molar-refractivity contribution in [3.63, 3.8) is 0 Å². The van der Waals surface area contributed by atoms with E-state index in [0.717, 1.165) is 0 Å². The molecule has 10 nitrogen and oxygen atoms in total. The van der Waals surface area contributed by atoms with Crippen LogP contribution in [0.2, 0.25) is 0 Å². The molecule has 12 heteroatoms. The number of carbonyl (C=O) groups is 2. The van der Waals surface area contributed by atoms with Gasteiger partial charge < -0.3 is 25.8 Å². The number of pyridine rings is 2. The van der Waals surface area contributed by atoms with Crippen molar-refractivity contribution in [3.8, 4) is 11.6 Å². The van der Waals surface area contributed by atoms with E-state index in [1.54, 1.807) is 19.9 Å². The fraction of sp³-hybridized carbons (Fsp3) is 0.407. The Bertz CT molecular complexity index is 1160. The van der Waals surface area contributed by atoms with Crippen molar-refractivity contribution in [2.24, 2.45) is 5.73 Å². The summed E-state index contributed by atoms with van der Waals surface area (Å²) < 4.78 is 37.0. The second-order valence-corrected chi connectivity index (χ2v) is 10.2. The van der Waals surface area contributed by atoms with Crippen LogP contribution < -0.4 is 31.2 Å². The van der Waals surface area contributed by atoms with Gasteiger partial charge >= 0.3 is 0 Å². The third-order valence-electron chi connectivity index (χ3n) is 5.04. The van der Waals surface area contributed by atoms with Crippen molar-refractivity contribution in [1.29, 1.82) is 0 Å². The topological polar surface area (TPSA) is 140 Å². The number of ether oxygens (including phenoxy) is 2. The van der Waals surface area contributed by atoms with Gasteiger partial charge in [0.2, 0.25) is 5.88 Å². The van der Waals surface area contributed by atoms with E-state index < -0.39 is 11.6 Å². The summed E-state index contributed by atoms with van der Waals surface area (Å²) in [6.45, 7) is 9.02. The predicted molar refractivity (Wildman–Crippen MR) is 144 cm³/mol. The quantitative estimate of drug-likeness (QED) is 0.281. The maximum atomic E-state index is 13.5. The summed E-state index contributed by atoms with van der Waals surface area (Å²) in [5.41, 5.74) is 5.14. The normalized spacial score (nSPS) is 12.6. The van der Waals surface area contributed by atoms with Crippen LogP contribution in [0.5, 0.6) is 11.6 Å². The zero-order valence-electron chi connectivity index (χ0n) is 22.8. The van der Waals surface area contributed by atoms with E-state index in [2.05, 4.69) is 25.9 Å². The minimum atomic E-state index is -0.926. The first kappa shape index (κ1) is 31.3. The molecule has 0 saturated heterocycles. The minimum absolute atomic E-state index is 0.0265. The molecule has 2 aromatic heterocycles. The molecule has 0 atom stereocenters. The van der Waals surface area contributed by atoms with Crippen LogP contribution >= 0.6 is 0 Å². The molecule has 0 spiro atoms. The number of aromatic nitrogens is 2. The number of carbonyl (C=O) groups excluding carboxylic acids is 2. The molecule has 0 fully saturated rings. The summed E-state index contributed by atoms with van der Waals surface area (Å²) in [5.74, 6) is -0.141. The first-order chi connectivity index (χ1) is 18.4. The molecule has 0 aliphatic heterocycles. The molecule has 0 aliphatic rings. The van der Waals surface area contributed by atoms with Gasteiger partial charge in [0.1, 0.15) is 24.7 Å². The Morgan fingerprint density at radius 2 is 1.59 bits per heavy atom. The van der Waals surface area contributed by atoms with E-state index >= 15 is 0 Å². The minimum Gasteiger partial charge on any atom is -0.487 e. The molecule has 0 aromatic carbocycles. The third-order valence-corrected chi connectivity index (χ3v) is 5.04. The average molecular weight is 547 g/mol. The molecule has 0 unspecified atom stereocenters. The lowest BCUT2D eigenvalue weighted by atomic mass is 10.1. The molecule has 2 amide bonds. The van der Waals surface area contributed by atoms with Crippen molar-refractivity contribution < 1.29 is 27.8 Å². The molecule has 2 rings (SSSR count). The Kier molecular flexibility index (Phi) is 11.5. The number of hydrogen-bond acceptors (Lipinski definition) is 8. The fourth-order valence-electron chi connectivity index (χ4n) is 2.94. The van der Waals surface area contributed by atoms with E-state index in [9.17, 15) is 18.4 Å². The van der Waals surface area contributed by atoms with Gasteiger partial charge in [0.25, 0.3) is 11.8 Å². The standard InChI is InChI=1S/C27H36F2N6O4/c1-26(2,3)34-24(36)20-6-9-23(32-14-20)39-17-19(11-29)13-33-27(4,5)35-25(37)22-8-7-21(15-31-22)38-16-18(10-28)12-30/h6-11,14-15,33H,12-13,16-17,30H2,1-5H3,(H,34,36)(H,35,37)/b18-10+,19-11+. The predicted octanol–water partition coefficient (Wildman–Crippen LogP) is 3.18. The summed E-state index contributed by atoms with van der Waals surface area (Å²) in [7, 11) is 0. The van der Waals surface area contributed by atoms with Gasteiger partial charge in [-0.1, -0.05) is 0 Å². The van der Waals surface area contributed by atoms with Crippen LogP contribution in [0.1, 0.15) is 55.5 Å². The van der Waals surface area contributed by atoms with Gasteiger partial charge in [0.05, 0.1) is 30.1 Å². The Labute approximate surface area is 227 Å². The fourth-order valence-corrected chi connectivity index (χ4v) is 2.94. The Morgan fingerprint density at radius 1 is 0.897 bits per heavy atom. The van der Waals surface area contributed by atoms with Crippen molar-refractivity contribution in [2.75, 3.05) is 26.3 Å². The highest BCUT2D eigenvalue weighted by molar-refractivity contribution is 5.94. The Hall–Kier alpha value is -3.90. The lowest BCUT2D eigenvalue weighted by molar-refractivity contribution is 0.0890. The number of nitrogens with zero attached hydrogens (tertiary/aromatic N) is 2. The summed E-state index contributed by atoms with van der Waals surface area (Å²) in [5, 5.41) is 8.67. The second-order valence-electron chi connectivity index (χ2n) is 10.2. The van der Waals surface area contributed by atoms with Crippen LogP contribution in [-0.2, 0) is 0 Å². The van der Waals surface area contributed by atoms with Gasteiger partial charge in [-0.05, 0) is 52.8 Å². The monoisotopic (exact) mass is 546 g/mol. The summed E-state index contributed by atoms with van der Waals surface area (Å²) in [6, 6.07) is 6.11. The van der Waals surface area contributed by atoms with E-state index in [-0.39, 0.29) is 60.5 Å². The molecule has 2 heterocycles. The second kappa shape index (κ2) is 14.3. The van der Waals surface area contributed by atoms with Gasteiger partial charge in [-0.25, -0.2) is 18.7 Å². The molecule has 2 aromatic rings. The molecule has 212 valence electrons. The number of amides is 2. The lowest BCUT2D eigenvalue weighted by Gasteiger charge is -2.28. The molecule has 0 saturated carbocycles. The SMILES string of the molecule is CC(C)(C)NC(=O)c1ccc(OC/C(=C/F)CNC(C)(C)NC(=O)c2ccc(OC/C(=C/F)CN)cn2)nc1. The van der Waals surface area contributed by atoms with Crippen molar-refractivity contribution in [3.05, 3.63) is 71.7 Å². The maximum absolute atomic E-state index is 13.5.